The Morgan fingerprint density at radius 2 is 1.78 bits per heavy atom. The molecular formula is C23H27F4N3O2. The van der Waals surface area contributed by atoms with E-state index < -0.39 is 12.8 Å². The lowest BCUT2D eigenvalue weighted by atomic mass is 10.1. The summed E-state index contributed by atoms with van der Waals surface area (Å²) in [5, 5.41) is 2.87. The van der Waals surface area contributed by atoms with Crippen molar-refractivity contribution in [3.63, 3.8) is 0 Å². The van der Waals surface area contributed by atoms with E-state index in [0.29, 0.717) is 13.1 Å². The fraction of sp³-hybridized carbons (Fsp3) is 0.435. The average molecular weight is 453 g/mol. The Kier molecular flexibility index (Phi) is 7.95. The smallest absolute Gasteiger partial charge is 0.422 e. The van der Waals surface area contributed by atoms with Crippen molar-refractivity contribution in [1.29, 1.82) is 0 Å². The summed E-state index contributed by atoms with van der Waals surface area (Å²) in [6.45, 7) is 0.750. The Morgan fingerprint density at radius 1 is 1.12 bits per heavy atom. The van der Waals surface area contributed by atoms with Crippen LogP contribution in [-0.4, -0.2) is 54.8 Å². The molecule has 0 bridgehead atoms. The van der Waals surface area contributed by atoms with Gasteiger partial charge < -0.3 is 19.9 Å². The first kappa shape index (κ1) is 23.8. The first-order valence-corrected chi connectivity index (χ1v) is 10.5. The number of hydrogen-bond acceptors (Lipinski definition) is 3. The molecule has 1 atom stereocenters. The van der Waals surface area contributed by atoms with E-state index in [2.05, 4.69) is 10.2 Å². The zero-order valence-corrected chi connectivity index (χ0v) is 17.9. The summed E-state index contributed by atoms with van der Waals surface area (Å²) < 4.78 is 54.7. The van der Waals surface area contributed by atoms with Gasteiger partial charge in [-0.2, -0.15) is 13.2 Å². The van der Waals surface area contributed by atoms with E-state index in [9.17, 15) is 22.4 Å². The SMILES string of the molecule is CN1CCC[C@@H]1CN(Cc1ccc(F)cc1)C(=O)NCc1ccc(OCC(F)(F)F)cc1. The molecule has 0 radical (unpaired) electrons. The molecule has 174 valence electrons. The van der Waals surface area contributed by atoms with Crippen LogP contribution >= 0.6 is 0 Å². The van der Waals surface area contributed by atoms with Crippen LogP contribution in [0.25, 0.3) is 0 Å². The van der Waals surface area contributed by atoms with Crippen molar-refractivity contribution >= 4 is 6.03 Å². The minimum atomic E-state index is -4.39. The second kappa shape index (κ2) is 10.7. The van der Waals surface area contributed by atoms with E-state index in [0.717, 1.165) is 30.5 Å². The number of carbonyl (C=O) groups excluding carboxylic acids is 1. The quantitative estimate of drug-likeness (QED) is 0.596. The number of halogens is 4. The van der Waals surface area contributed by atoms with Gasteiger partial charge in [0.2, 0.25) is 0 Å². The van der Waals surface area contributed by atoms with Crippen LogP contribution in [0.1, 0.15) is 24.0 Å². The van der Waals surface area contributed by atoms with Gasteiger partial charge in [0, 0.05) is 25.7 Å². The monoisotopic (exact) mass is 453 g/mol. The molecule has 1 N–H and O–H groups in total. The van der Waals surface area contributed by atoms with Gasteiger partial charge >= 0.3 is 12.2 Å². The number of nitrogens with one attached hydrogen (secondary N) is 1. The molecule has 1 saturated heterocycles. The van der Waals surface area contributed by atoms with E-state index in [4.69, 9.17) is 4.74 Å². The summed E-state index contributed by atoms with van der Waals surface area (Å²) in [4.78, 5) is 16.9. The predicted molar refractivity (Wildman–Crippen MR) is 113 cm³/mol. The van der Waals surface area contributed by atoms with E-state index in [1.54, 1.807) is 29.2 Å². The number of alkyl halides is 3. The average Bonchev–Trinajstić information content (AvgIpc) is 3.16. The fourth-order valence-electron chi connectivity index (χ4n) is 3.65. The summed E-state index contributed by atoms with van der Waals surface area (Å²) in [6.07, 6.45) is -2.31. The highest BCUT2D eigenvalue weighted by Crippen LogP contribution is 2.20. The fourth-order valence-corrected chi connectivity index (χ4v) is 3.65. The summed E-state index contributed by atoms with van der Waals surface area (Å²) in [5.41, 5.74) is 1.56. The van der Waals surface area contributed by atoms with Crippen LogP contribution in [0, 0.1) is 5.82 Å². The third-order valence-corrected chi connectivity index (χ3v) is 5.45. The number of likely N-dealkylation sites (tertiary alicyclic amines) is 1. The maximum Gasteiger partial charge on any atom is 0.422 e. The number of nitrogens with zero attached hydrogens (tertiary/aromatic N) is 2. The number of carbonyl (C=O) groups is 1. The van der Waals surface area contributed by atoms with E-state index in [1.807, 2.05) is 7.05 Å². The number of amides is 2. The molecule has 1 aliphatic rings. The zero-order chi connectivity index (χ0) is 23.1. The first-order chi connectivity index (χ1) is 15.2. The highest BCUT2D eigenvalue weighted by molar-refractivity contribution is 5.74. The standard InChI is InChI=1S/C23H27F4N3O2/c1-29-12-2-3-20(29)15-30(14-18-4-8-19(24)9-5-18)22(31)28-13-17-6-10-21(11-7-17)32-16-23(25,26)27/h4-11,20H,2-3,12-16H2,1H3,(H,28,31)/t20-/m1/s1. The van der Waals surface area contributed by atoms with Crippen molar-refractivity contribution < 1.29 is 27.1 Å². The number of hydrogen-bond donors (Lipinski definition) is 1. The highest BCUT2D eigenvalue weighted by Gasteiger charge is 2.28. The summed E-state index contributed by atoms with van der Waals surface area (Å²) >= 11 is 0. The molecule has 1 aliphatic heterocycles. The molecule has 32 heavy (non-hydrogen) atoms. The molecule has 2 aromatic carbocycles. The van der Waals surface area contributed by atoms with Crippen LogP contribution in [0.15, 0.2) is 48.5 Å². The Balaban J connectivity index is 1.59. The molecule has 5 nitrogen and oxygen atoms in total. The second-order valence-electron chi connectivity index (χ2n) is 7.99. The number of ether oxygens (including phenoxy) is 1. The molecule has 1 fully saturated rings. The molecule has 0 spiro atoms. The van der Waals surface area contributed by atoms with Gasteiger partial charge in [-0.15, -0.1) is 0 Å². The lowest BCUT2D eigenvalue weighted by Crippen LogP contribution is -2.45. The maximum absolute atomic E-state index is 13.2. The minimum absolute atomic E-state index is 0.111. The van der Waals surface area contributed by atoms with Gasteiger partial charge in [-0.05, 0) is 61.8 Å². The van der Waals surface area contributed by atoms with Gasteiger partial charge in [0.05, 0.1) is 0 Å². The molecule has 0 aliphatic carbocycles. The van der Waals surface area contributed by atoms with Crippen molar-refractivity contribution in [3.05, 3.63) is 65.5 Å². The summed E-state index contributed by atoms with van der Waals surface area (Å²) in [5.74, 6) is -0.220. The van der Waals surface area contributed by atoms with Crippen LogP contribution in [-0.2, 0) is 13.1 Å². The zero-order valence-electron chi connectivity index (χ0n) is 17.9. The van der Waals surface area contributed by atoms with Gasteiger partial charge in [0.15, 0.2) is 6.61 Å². The van der Waals surface area contributed by atoms with E-state index in [1.165, 1.54) is 24.3 Å². The van der Waals surface area contributed by atoms with Crippen LogP contribution < -0.4 is 10.1 Å². The largest absolute Gasteiger partial charge is 0.484 e. The van der Waals surface area contributed by atoms with Crippen molar-refractivity contribution in [1.82, 2.24) is 15.1 Å². The summed E-state index contributed by atoms with van der Waals surface area (Å²) in [6, 6.07) is 12.2. The molecule has 0 aromatic heterocycles. The Hall–Kier alpha value is -2.81. The minimum Gasteiger partial charge on any atom is -0.484 e. The van der Waals surface area contributed by atoms with Crippen LogP contribution in [0.4, 0.5) is 22.4 Å². The van der Waals surface area contributed by atoms with Gasteiger partial charge in [-0.3, -0.25) is 0 Å². The Labute approximate surface area is 185 Å². The topological polar surface area (TPSA) is 44.8 Å². The molecule has 0 saturated carbocycles. The Morgan fingerprint density at radius 3 is 2.38 bits per heavy atom. The Bertz CT molecular complexity index is 872. The van der Waals surface area contributed by atoms with Gasteiger partial charge in [-0.25, -0.2) is 9.18 Å². The first-order valence-electron chi connectivity index (χ1n) is 10.5. The molecule has 2 aromatic rings. The number of likely N-dealkylation sites (N-methyl/N-ethyl adjacent to an activating group) is 1. The molecule has 2 amide bonds. The van der Waals surface area contributed by atoms with Gasteiger partial charge in [0.25, 0.3) is 0 Å². The van der Waals surface area contributed by atoms with Crippen molar-refractivity contribution in [3.8, 4) is 5.75 Å². The van der Waals surface area contributed by atoms with Crippen LogP contribution in [0.5, 0.6) is 5.75 Å². The van der Waals surface area contributed by atoms with Crippen LogP contribution in [0.3, 0.4) is 0 Å². The normalized spacial score (nSPS) is 16.7. The van der Waals surface area contributed by atoms with Crippen molar-refractivity contribution in [2.24, 2.45) is 0 Å². The third kappa shape index (κ3) is 7.40. The molecule has 9 heteroatoms. The third-order valence-electron chi connectivity index (χ3n) is 5.45. The van der Waals surface area contributed by atoms with Gasteiger partial charge in [-0.1, -0.05) is 24.3 Å². The lowest BCUT2D eigenvalue weighted by Gasteiger charge is -2.29. The van der Waals surface area contributed by atoms with E-state index in [-0.39, 0.29) is 30.2 Å². The number of urea groups is 1. The van der Waals surface area contributed by atoms with Gasteiger partial charge in [0.1, 0.15) is 11.6 Å². The van der Waals surface area contributed by atoms with E-state index >= 15 is 0 Å². The maximum atomic E-state index is 13.2. The van der Waals surface area contributed by atoms with Crippen molar-refractivity contribution in [2.45, 2.75) is 38.1 Å². The van der Waals surface area contributed by atoms with Crippen LogP contribution in [0.2, 0.25) is 0 Å². The molecule has 3 rings (SSSR count). The second-order valence-corrected chi connectivity index (χ2v) is 7.99. The summed E-state index contributed by atoms with van der Waals surface area (Å²) in [7, 11) is 2.04. The molecule has 1 heterocycles. The highest BCUT2D eigenvalue weighted by atomic mass is 19.4. The molecule has 0 unspecified atom stereocenters. The number of benzene rings is 2. The predicted octanol–water partition coefficient (Wildman–Crippen LogP) is 4.57. The number of rotatable bonds is 8. The lowest BCUT2D eigenvalue weighted by molar-refractivity contribution is -0.153. The van der Waals surface area contributed by atoms with Crippen molar-refractivity contribution in [2.75, 3.05) is 26.7 Å². The molecular weight excluding hydrogens is 426 g/mol.